The van der Waals surface area contributed by atoms with Crippen LogP contribution < -0.4 is 0 Å². The van der Waals surface area contributed by atoms with Gasteiger partial charge in [0.1, 0.15) is 5.82 Å². The number of esters is 1. The molecule has 0 radical (unpaired) electrons. The van der Waals surface area contributed by atoms with Gasteiger partial charge in [0.15, 0.2) is 5.78 Å². The Bertz CT molecular complexity index is 422. The van der Waals surface area contributed by atoms with Crippen molar-refractivity contribution in [3.8, 4) is 0 Å². The van der Waals surface area contributed by atoms with Gasteiger partial charge in [-0.25, -0.2) is 9.18 Å². The number of ketones is 2. The molecule has 0 unspecified atom stereocenters. The minimum atomic E-state index is -1.06. The minimum Gasteiger partial charge on any atom is -0.463 e. The molecule has 1 aromatic rings. The lowest BCUT2D eigenvalue weighted by Gasteiger charge is -1.99. The predicted molar refractivity (Wildman–Crippen MR) is 52.4 cm³/mol. The van der Waals surface area contributed by atoms with E-state index in [0.717, 1.165) is 19.2 Å². The number of rotatable bonds is 4. The summed E-state index contributed by atoms with van der Waals surface area (Å²) in [6.07, 6.45) is -0.571. The second kappa shape index (κ2) is 5.16. The average Bonchev–Trinajstić information content (AvgIpc) is 2.28. The summed E-state index contributed by atoms with van der Waals surface area (Å²) < 4.78 is 16.7. The van der Waals surface area contributed by atoms with Gasteiger partial charge in [-0.2, -0.15) is 0 Å². The lowest BCUT2D eigenvalue weighted by molar-refractivity contribution is -0.151. The van der Waals surface area contributed by atoms with Crippen LogP contribution in [0.25, 0.3) is 0 Å². The molecular formula is C11H9FO4. The van der Waals surface area contributed by atoms with Gasteiger partial charge in [-0.15, -0.1) is 0 Å². The molecule has 0 heterocycles. The Morgan fingerprint density at radius 3 is 2.25 bits per heavy atom. The summed E-state index contributed by atoms with van der Waals surface area (Å²) in [7, 11) is 1.06. The van der Waals surface area contributed by atoms with Crippen molar-refractivity contribution in [1.82, 2.24) is 0 Å². The highest BCUT2D eigenvalue weighted by atomic mass is 19.1. The number of ether oxygens (including phenoxy) is 1. The van der Waals surface area contributed by atoms with Crippen molar-refractivity contribution in [2.24, 2.45) is 0 Å². The first-order valence-electron chi connectivity index (χ1n) is 4.44. The maximum absolute atomic E-state index is 12.5. The third kappa shape index (κ3) is 2.98. The first-order valence-corrected chi connectivity index (χ1v) is 4.44. The van der Waals surface area contributed by atoms with E-state index in [-0.39, 0.29) is 5.56 Å². The highest BCUT2D eigenvalue weighted by Crippen LogP contribution is 2.06. The molecule has 0 spiro atoms. The van der Waals surface area contributed by atoms with Crippen molar-refractivity contribution in [2.45, 2.75) is 6.42 Å². The zero-order valence-electron chi connectivity index (χ0n) is 8.53. The van der Waals surface area contributed by atoms with Gasteiger partial charge in [0, 0.05) is 5.56 Å². The molecule has 0 fully saturated rings. The number of carbonyl (C=O) groups is 3. The summed E-state index contributed by atoms with van der Waals surface area (Å²) in [6.45, 7) is 0. The number of hydrogen-bond donors (Lipinski definition) is 0. The van der Waals surface area contributed by atoms with Gasteiger partial charge in [-0.05, 0) is 24.3 Å². The van der Waals surface area contributed by atoms with Gasteiger partial charge >= 0.3 is 5.97 Å². The summed E-state index contributed by atoms with van der Waals surface area (Å²) >= 11 is 0. The largest absolute Gasteiger partial charge is 0.463 e. The molecular weight excluding hydrogens is 215 g/mol. The Morgan fingerprint density at radius 1 is 1.19 bits per heavy atom. The van der Waals surface area contributed by atoms with E-state index in [9.17, 15) is 18.8 Å². The third-order valence-electron chi connectivity index (χ3n) is 1.90. The fourth-order valence-corrected chi connectivity index (χ4v) is 1.07. The number of Topliss-reactive ketones (excluding diaryl/α,β-unsaturated/α-hetero) is 2. The first kappa shape index (κ1) is 12.0. The second-order valence-electron chi connectivity index (χ2n) is 3.02. The highest BCUT2D eigenvalue weighted by molar-refractivity contribution is 6.38. The minimum absolute atomic E-state index is 0.179. The zero-order valence-corrected chi connectivity index (χ0v) is 8.53. The van der Waals surface area contributed by atoms with Crippen LogP contribution in [0.2, 0.25) is 0 Å². The number of carbonyl (C=O) groups excluding carboxylic acids is 3. The second-order valence-corrected chi connectivity index (χ2v) is 3.02. The van der Waals surface area contributed by atoms with Crippen LogP contribution >= 0.6 is 0 Å². The summed E-state index contributed by atoms with van der Waals surface area (Å²) in [6, 6.07) is 4.72. The summed E-state index contributed by atoms with van der Waals surface area (Å²) in [4.78, 5) is 33.2. The Kier molecular flexibility index (Phi) is 3.88. The Labute approximate surface area is 91.0 Å². The fourth-order valence-electron chi connectivity index (χ4n) is 1.07. The average molecular weight is 224 g/mol. The molecule has 84 valence electrons. The first-order chi connectivity index (χ1) is 7.54. The molecule has 0 aliphatic rings. The van der Waals surface area contributed by atoms with Crippen LogP contribution in [-0.4, -0.2) is 24.6 Å². The molecule has 0 aromatic heterocycles. The number of methoxy groups -OCH3 is 1. The lowest BCUT2D eigenvalue weighted by Crippen LogP contribution is -2.19. The van der Waals surface area contributed by atoms with Crippen LogP contribution in [0.3, 0.4) is 0 Å². The number of benzene rings is 1. The molecule has 0 N–H and O–H groups in total. The third-order valence-corrected chi connectivity index (χ3v) is 1.90. The summed E-state index contributed by atoms with van der Waals surface area (Å²) in [5, 5.41) is 0. The van der Waals surface area contributed by atoms with Gasteiger partial charge in [0.2, 0.25) is 5.78 Å². The molecule has 0 aliphatic carbocycles. The van der Waals surface area contributed by atoms with Crippen LogP contribution in [0.4, 0.5) is 4.39 Å². The fraction of sp³-hybridized carbons (Fsp3) is 0.182. The lowest BCUT2D eigenvalue weighted by atomic mass is 10.1. The summed E-state index contributed by atoms with van der Waals surface area (Å²) in [5.74, 6) is -3.00. The molecule has 0 aliphatic heterocycles. The zero-order chi connectivity index (χ0) is 12.1. The van der Waals surface area contributed by atoms with E-state index >= 15 is 0 Å². The number of halogens is 1. The van der Waals surface area contributed by atoms with Gasteiger partial charge in [0.05, 0.1) is 13.5 Å². The molecule has 1 aromatic carbocycles. The summed E-state index contributed by atoms with van der Waals surface area (Å²) in [5.41, 5.74) is 0.179. The van der Waals surface area contributed by atoms with E-state index < -0.39 is 29.8 Å². The molecule has 0 saturated heterocycles. The van der Waals surface area contributed by atoms with Crippen LogP contribution in [0.15, 0.2) is 24.3 Å². The normalized spacial score (nSPS) is 9.62. The molecule has 0 saturated carbocycles. The van der Waals surface area contributed by atoms with Crippen LogP contribution in [-0.2, 0) is 14.3 Å². The van der Waals surface area contributed by atoms with Crippen molar-refractivity contribution in [3.63, 3.8) is 0 Å². The van der Waals surface area contributed by atoms with Crippen LogP contribution in [0, 0.1) is 5.82 Å². The Morgan fingerprint density at radius 2 is 1.75 bits per heavy atom. The Balaban J connectivity index is 2.69. The van der Waals surface area contributed by atoms with E-state index in [1.165, 1.54) is 12.1 Å². The van der Waals surface area contributed by atoms with E-state index in [1.54, 1.807) is 0 Å². The van der Waals surface area contributed by atoms with Gasteiger partial charge < -0.3 is 4.74 Å². The van der Waals surface area contributed by atoms with E-state index in [0.29, 0.717) is 0 Å². The molecule has 0 atom stereocenters. The van der Waals surface area contributed by atoms with E-state index in [4.69, 9.17) is 0 Å². The van der Waals surface area contributed by atoms with Gasteiger partial charge in [-0.3, -0.25) is 9.59 Å². The predicted octanol–water partition coefficient (Wildman–Crippen LogP) is 1.14. The van der Waals surface area contributed by atoms with Crippen LogP contribution in [0.5, 0.6) is 0 Å². The monoisotopic (exact) mass is 224 g/mol. The Hall–Kier alpha value is -2.04. The van der Waals surface area contributed by atoms with Crippen molar-refractivity contribution in [3.05, 3.63) is 35.6 Å². The van der Waals surface area contributed by atoms with E-state index in [2.05, 4.69) is 4.74 Å². The maximum Gasteiger partial charge on any atom is 0.374 e. The standard InChI is InChI=1S/C11H9FO4/c1-16-11(15)10(14)6-9(13)7-2-4-8(12)5-3-7/h2-5H,6H2,1H3. The van der Waals surface area contributed by atoms with E-state index in [1.807, 2.05) is 0 Å². The topological polar surface area (TPSA) is 60.4 Å². The van der Waals surface area contributed by atoms with Crippen molar-refractivity contribution >= 4 is 17.5 Å². The quantitative estimate of drug-likeness (QED) is 0.333. The molecule has 0 bridgehead atoms. The van der Waals surface area contributed by atoms with Gasteiger partial charge in [-0.1, -0.05) is 0 Å². The van der Waals surface area contributed by atoms with Crippen molar-refractivity contribution in [2.75, 3.05) is 7.11 Å². The molecule has 1 rings (SSSR count). The SMILES string of the molecule is COC(=O)C(=O)CC(=O)c1ccc(F)cc1. The maximum atomic E-state index is 12.5. The van der Waals surface area contributed by atoms with Gasteiger partial charge in [0.25, 0.3) is 0 Å². The number of hydrogen-bond acceptors (Lipinski definition) is 4. The van der Waals surface area contributed by atoms with Crippen molar-refractivity contribution in [1.29, 1.82) is 0 Å². The molecule has 5 heteroatoms. The van der Waals surface area contributed by atoms with Crippen molar-refractivity contribution < 1.29 is 23.5 Å². The van der Waals surface area contributed by atoms with Crippen LogP contribution in [0.1, 0.15) is 16.8 Å². The molecule has 0 amide bonds. The molecule has 16 heavy (non-hydrogen) atoms. The molecule has 4 nitrogen and oxygen atoms in total. The highest BCUT2D eigenvalue weighted by Gasteiger charge is 2.19. The smallest absolute Gasteiger partial charge is 0.374 e.